The maximum absolute atomic E-state index is 12.0. The zero-order valence-corrected chi connectivity index (χ0v) is 14.2. The molecule has 0 aliphatic rings. The molecule has 0 bridgehead atoms. The van der Waals surface area contributed by atoms with Crippen molar-refractivity contribution in [2.24, 2.45) is 0 Å². The topological polar surface area (TPSA) is 64.6 Å². The lowest BCUT2D eigenvalue weighted by Gasteiger charge is -2.18. The average molecular weight is 327 g/mol. The van der Waals surface area contributed by atoms with Crippen molar-refractivity contribution in [3.63, 3.8) is 0 Å². The highest BCUT2D eigenvalue weighted by Gasteiger charge is 2.08. The summed E-state index contributed by atoms with van der Waals surface area (Å²) in [4.78, 5) is 14.1. The van der Waals surface area contributed by atoms with Crippen LogP contribution in [0.4, 0.5) is 16.2 Å². The van der Waals surface area contributed by atoms with Gasteiger partial charge in [0.1, 0.15) is 0 Å². The van der Waals surface area contributed by atoms with Gasteiger partial charge in [0.05, 0.1) is 6.10 Å². The number of benzene rings is 2. The number of carbonyl (C=O) groups excluding carboxylic acids is 1. The predicted molar refractivity (Wildman–Crippen MR) is 98.4 cm³/mol. The van der Waals surface area contributed by atoms with Gasteiger partial charge < -0.3 is 20.6 Å². The van der Waals surface area contributed by atoms with Crippen LogP contribution in [0.5, 0.6) is 0 Å². The number of amides is 2. The minimum absolute atomic E-state index is 0.272. The van der Waals surface area contributed by atoms with Crippen molar-refractivity contribution in [2.45, 2.75) is 19.4 Å². The van der Waals surface area contributed by atoms with Crippen molar-refractivity contribution in [2.75, 3.05) is 30.4 Å². The number of urea groups is 1. The van der Waals surface area contributed by atoms with Gasteiger partial charge in [-0.05, 0) is 37.1 Å². The third kappa shape index (κ3) is 5.28. The van der Waals surface area contributed by atoms with Crippen LogP contribution in [-0.2, 0) is 0 Å². The highest BCUT2D eigenvalue weighted by molar-refractivity contribution is 5.89. The monoisotopic (exact) mass is 327 g/mol. The third-order valence-electron chi connectivity index (χ3n) is 3.91. The number of rotatable bonds is 7. The quantitative estimate of drug-likeness (QED) is 0.730. The predicted octanol–water partition coefficient (Wildman–Crippen LogP) is 3.39. The molecule has 0 aliphatic carbocycles. The Bertz CT molecular complexity index is 646. The van der Waals surface area contributed by atoms with Crippen LogP contribution in [0.2, 0.25) is 0 Å². The molecule has 0 saturated heterocycles. The number of hydrogen-bond acceptors (Lipinski definition) is 3. The Morgan fingerprint density at radius 3 is 2.62 bits per heavy atom. The largest absolute Gasteiger partial charge is 0.388 e. The molecule has 2 aromatic rings. The summed E-state index contributed by atoms with van der Waals surface area (Å²) in [6, 6.07) is 16.9. The molecule has 2 rings (SSSR count). The van der Waals surface area contributed by atoms with Crippen LogP contribution < -0.4 is 15.5 Å². The van der Waals surface area contributed by atoms with Gasteiger partial charge in [0.15, 0.2) is 0 Å². The summed E-state index contributed by atoms with van der Waals surface area (Å²) in [5.41, 5.74) is 2.65. The fourth-order valence-corrected chi connectivity index (χ4v) is 2.34. The first-order valence-electron chi connectivity index (χ1n) is 8.19. The van der Waals surface area contributed by atoms with Crippen LogP contribution in [0.25, 0.3) is 0 Å². The van der Waals surface area contributed by atoms with Gasteiger partial charge in [-0.2, -0.15) is 0 Å². The second-order valence-electron chi connectivity index (χ2n) is 5.66. The molecule has 0 spiro atoms. The standard InChI is InChI=1S/C19H25N3O2/c1-3-22(2)17-11-7-10-16(14-17)21-19(24)20-13-12-18(23)15-8-5-4-6-9-15/h4-11,14,18,23H,3,12-13H2,1-2H3,(H2,20,21,24). The van der Waals surface area contributed by atoms with E-state index in [0.29, 0.717) is 13.0 Å². The number of nitrogens with one attached hydrogen (secondary N) is 2. The number of carbonyl (C=O) groups is 1. The van der Waals surface area contributed by atoms with Gasteiger partial charge in [-0.15, -0.1) is 0 Å². The van der Waals surface area contributed by atoms with Crippen molar-refractivity contribution in [1.29, 1.82) is 0 Å². The normalized spacial score (nSPS) is 11.6. The molecule has 1 unspecified atom stereocenters. The summed E-state index contributed by atoms with van der Waals surface area (Å²) in [7, 11) is 2.00. The van der Waals surface area contributed by atoms with Crippen LogP contribution in [0.1, 0.15) is 25.0 Å². The zero-order chi connectivity index (χ0) is 17.4. The lowest BCUT2D eigenvalue weighted by Crippen LogP contribution is -2.30. The van der Waals surface area contributed by atoms with Gasteiger partial charge in [-0.3, -0.25) is 0 Å². The van der Waals surface area contributed by atoms with Gasteiger partial charge >= 0.3 is 6.03 Å². The minimum atomic E-state index is -0.576. The Balaban J connectivity index is 1.79. The van der Waals surface area contributed by atoms with E-state index in [1.807, 2.05) is 61.6 Å². The first-order valence-corrected chi connectivity index (χ1v) is 8.19. The second kappa shape index (κ2) is 8.93. The summed E-state index contributed by atoms with van der Waals surface area (Å²) in [5, 5.41) is 15.7. The van der Waals surface area contributed by atoms with Gasteiger partial charge in [0.25, 0.3) is 0 Å². The van der Waals surface area contributed by atoms with Crippen LogP contribution >= 0.6 is 0 Å². The molecular formula is C19H25N3O2. The molecule has 1 atom stereocenters. The number of aliphatic hydroxyl groups excluding tert-OH is 1. The number of hydrogen-bond donors (Lipinski definition) is 3. The van der Waals surface area contributed by atoms with E-state index >= 15 is 0 Å². The molecule has 0 saturated carbocycles. The van der Waals surface area contributed by atoms with Crippen LogP contribution in [0, 0.1) is 0 Å². The molecule has 5 heteroatoms. The molecule has 0 radical (unpaired) electrons. The van der Waals surface area contributed by atoms with E-state index < -0.39 is 6.10 Å². The lowest BCUT2D eigenvalue weighted by molar-refractivity contribution is 0.167. The molecule has 2 aromatic carbocycles. The van der Waals surface area contributed by atoms with E-state index in [0.717, 1.165) is 23.5 Å². The zero-order valence-electron chi connectivity index (χ0n) is 14.2. The third-order valence-corrected chi connectivity index (χ3v) is 3.91. The van der Waals surface area contributed by atoms with Crippen molar-refractivity contribution >= 4 is 17.4 Å². The van der Waals surface area contributed by atoms with E-state index in [9.17, 15) is 9.90 Å². The Morgan fingerprint density at radius 2 is 1.92 bits per heavy atom. The number of nitrogens with zero attached hydrogens (tertiary/aromatic N) is 1. The molecule has 0 fully saturated rings. The minimum Gasteiger partial charge on any atom is -0.388 e. The number of anilines is 2. The van der Waals surface area contributed by atoms with E-state index in [1.165, 1.54) is 0 Å². The molecule has 0 aliphatic heterocycles. The van der Waals surface area contributed by atoms with E-state index in [2.05, 4.69) is 22.5 Å². The van der Waals surface area contributed by atoms with Gasteiger partial charge in [-0.1, -0.05) is 36.4 Å². The molecular weight excluding hydrogens is 302 g/mol. The Labute approximate surface area is 143 Å². The summed E-state index contributed by atoms with van der Waals surface area (Å²) < 4.78 is 0. The van der Waals surface area contributed by atoms with E-state index in [-0.39, 0.29) is 6.03 Å². The average Bonchev–Trinajstić information content (AvgIpc) is 2.61. The van der Waals surface area contributed by atoms with Gasteiger partial charge in [-0.25, -0.2) is 4.79 Å². The molecule has 128 valence electrons. The smallest absolute Gasteiger partial charge is 0.319 e. The van der Waals surface area contributed by atoms with Gasteiger partial charge in [0, 0.05) is 31.5 Å². The first kappa shape index (κ1) is 17.8. The van der Waals surface area contributed by atoms with Crippen molar-refractivity contribution in [3.05, 3.63) is 60.2 Å². The first-order chi connectivity index (χ1) is 11.6. The molecule has 3 N–H and O–H groups in total. The summed E-state index contributed by atoms with van der Waals surface area (Å²) in [6.07, 6.45) is -0.108. The fourth-order valence-electron chi connectivity index (χ4n) is 2.34. The Hall–Kier alpha value is -2.53. The SMILES string of the molecule is CCN(C)c1cccc(NC(=O)NCCC(O)c2ccccc2)c1. The van der Waals surface area contributed by atoms with Crippen molar-refractivity contribution < 1.29 is 9.90 Å². The molecule has 5 nitrogen and oxygen atoms in total. The maximum atomic E-state index is 12.0. The van der Waals surface area contributed by atoms with Crippen molar-refractivity contribution in [1.82, 2.24) is 5.32 Å². The molecule has 24 heavy (non-hydrogen) atoms. The fraction of sp³-hybridized carbons (Fsp3) is 0.316. The molecule has 0 heterocycles. The van der Waals surface area contributed by atoms with Crippen LogP contribution in [0.3, 0.4) is 0 Å². The highest BCUT2D eigenvalue weighted by atomic mass is 16.3. The molecule has 0 aromatic heterocycles. The van der Waals surface area contributed by atoms with Crippen LogP contribution in [-0.4, -0.2) is 31.3 Å². The highest BCUT2D eigenvalue weighted by Crippen LogP contribution is 2.18. The second-order valence-corrected chi connectivity index (χ2v) is 5.66. The van der Waals surface area contributed by atoms with Crippen molar-refractivity contribution in [3.8, 4) is 0 Å². The van der Waals surface area contributed by atoms with Gasteiger partial charge in [0.2, 0.25) is 0 Å². The Kier molecular flexibility index (Phi) is 6.63. The summed E-state index contributed by atoms with van der Waals surface area (Å²) >= 11 is 0. The lowest BCUT2D eigenvalue weighted by atomic mass is 10.1. The summed E-state index contributed by atoms with van der Waals surface area (Å²) in [6.45, 7) is 3.37. The van der Waals surface area contributed by atoms with E-state index in [4.69, 9.17) is 0 Å². The maximum Gasteiger partial charge on any atom is 0.319 e. The molecule has 2 amide bonds. The Morgan fingerprint density at radius 1 is 1.17 bits per heavy atom. The van der Waals surface area contributed by atoms with E-state index in [1.54, 1.807) is 0 Å². The van der Waals surface area contributed by atoms with Crippen LogP contribution in [0.15, 0.2) is 54.6 Å². The summed E-state index contributed by atoms with van der Waals surface area (Å²) in [5.74, 6) is 0. The number of aliphatic hydroxyl groups is 1.